The maximum atomic E-state index is 7.94. The van der Waals surface area contributed by atoms with Crippen LogP contribution in [0.2, 0.25) is 0 Å². The SMILES string of the molecule is C/C1=C/CC/C(C)=C\CCC(=N)/C(C)=C/C1. The molecule has 0 unspecified atom stereocenters. The first-order chi connectivity index (χ1) is 7.59. The van der Waals surface area contributed by atoms with Gasteiger partial charge in [-0.3, -0.25) is 0 Å². The van der Waals surface area contributed by atoms with Crippen molar-refractivity contribution in [2.24, 2.45) is 0 Å². The van der Waals surface area contributed by atoms with E-state index in [0.29, 0.717) is 0 Å². The minimum Gasteiger partial charge on any atom is -0.305 e. The number of hydrogen-bond donors (Lipinski definition) is 1. The highest BCUT2D eigenvalue weighted by Gasteiger charge is 2.00. The van der Waals surface area contributed by atoms with Crippen LogP contribution in [0, 0.1) is 5.41 Å². The molecule has 1 aliphatic carbocycles. The summed E-state index contributed by atoms with van der Waals surface area (Å²) in [5, 5.41) is 7.94. The van der Waals surface area contributed by atoms with Crippen molar-refractivity contribution in [1.82, 2.24) is 0 Å². The van der Waals surface area contributed by atoms with Crippen LogP contribution in [0.1, 0.15) is 52.9 Å². The summed E-state index contributed by atoms with van der Waals surface area (Å²) in [6.07, 6.45) is 12.0. The Balaban J connectivity index is 2.78. The van der Waals surface area contributed by atoms with Crippen molar-refractivity contribution in [3.63, 3.8) is 0 Å². The molecule has 0 fully saturated rings. The van der Waals surface area contributed by atoms with Crippen molar-refractivity contribution in [2.75, 3.05) is 0 Å². The molecule has 0 aromatic rings. The van der Waals surface area contributed by atoms with Crippen molar-refractivity contribution in [3.05, 3.63) is 34.9 Å². The van der Waals surface area contributed by atoms with Gasteiger partial charge in [-0.25, -0.2) is 0 Å². The van der Waals surface area contributed by atoms with Gasteiger partial charge in [0.05, 0.1) is 0 Å². The topological polar surface area (TPSA) is 23.9 Å². The lowest BCUT2D eigenvalue weighted by Gasteiger charge is -2.06. The Morgan fingerprint density at radius 2 is 1.50 bits per heavy atom. The van der Waals surface area contributed by atoms with Gasteiger partial charge in [-0.1, -0.05) is 29.4 Å². The highest BCUT2D eigenvalue weighted by Crippen LogP contribution is 2.14. The first-order valence-corrected chi connectivity index (χ1v) is 6.15. The molecule has 0 saturated carbocycles. The first kappa shape index (κ1) is 13.0. The average molecular weight is 217 g/mol. The molecule has 1 rings (SSSR count). The molecular formula is C15H23N. The molecule has 0 spiro atoms. The largest absolute Gasteiger partial charge is 0.305 e. The Hall–Kier alpha value is -1.11. The molecule has 16 heavy (non-hydrogen) atoms. The lowest BCUT2D eigenvalue weighted by molar-refractivity contribution is 0.933. The Morgan fingerprint density at radius 1 is 0.875 bits per heavy atom. The van der Waals surface area contributed by atoms with Gasteiger partial charge in [0.25, 0.3) is 0 Å². The zero-order chi connectivity index (χ0) is 12.0. The van der Waals surface area contributed by atoms with Crippen LogP contribution in [-0.2, 0) is 0 Å². The van der Waals surface area contributed by atoms with E-state index in [0.717, 1.165) is 43.4 Å². The summed E-state index contributed by atoms with van der Waals surface area (Å²) in [4.78, 5) is 0. The van der Waals surface area contributed by atoms with E-state index in [1.807, 2.05) is 0 Å². The molecule has 1 nitrogen and oxygen atoms in total. The van der Waals surface area contributed by atoms with Crippen molar-refractivity contribution < 1.29 is 0 Å². The average Bonchev–Trinajstić information content (AvgIpc) is 2.24. The monoisotopic (exact) mass is 217 g/mol. The maximum absolute atomic E-state index is 7.94. The highest BCUT2D eigenvalue weighted by molar-refractivity contribution is 5.97. The molecule has 0 amide bonds. The fourth-order valence-electron chi connectivity index (χ4n) is 1.83. The minimum absolute atomic E-state index is 0.789. The lowest BCUT2D eigenvalue weighted by Crippen LogP contribution is -1.98. The molecule has 88 valence electrons. The van der Waals surface area contributed by atoms with Crippen molar-refractivity contribution in [3.8, 4) is 0 Å². The van der Waals surface area contributed by atoms with Crippen LogP contribution >= 0.6 is 0 Å². The summed E-state index contributed by atoms with van der Waals surface area (Å²) in [5.74, 6) is 0. The summed E-state index contributed by atoms with van der Waals surface area (Å²) < 4.78 is 0. The van der Waals surface area contributed by atoms with Gasteiger partial charge < -0.3 is 5.41 Å². The zero-order valence-electron chi connectivity index (χ0n) is 10.8. The van der Waals surface area contributed by atoms with Gasteiger partial charge in [0.2, 0.25) is 0 Å². The third-order valence-corrected chi connectivity index (χ3v) is 3.12. The predicted molar refractivity (Wildman–Crippen MR) is 72.1 cm³/mol. The number of allylic oxidation sites excluding steroid dienone is 6. The van der Waals surface area contributed by atoms with E-state index in [1.54, 1.807) is 0 Å². The van der Waals surface area contributed by atoms with Crippen molar-refractivity contribution in [1.29, 1.82) is 5.41 Å². The van der Waals surface area contributed by atoms with E-state index in [1.165, 1.54) is 11.1 Å². The Labute approximate surface area is 99.5 Å². The third-order valence-electron chi connectivity index (χ3n) is 3.12. The van der Waals surface area contributed by atoms with Gasteiger partial charge in [-0.05, 0) is 58.4 Å². The van der Waals surface area contributed by atoms with E-state index in [9.17, 15) is 0 Å². The Morgan fingerprint density at radius 3 is 2.25 bits per heavy atom. The van der Waals surface area contributed by atoms with Gasteiger partial charge in [-0.15, -0.1) is 0 Å². The second kappa shape index (κ2) is 6.47. The fraction of sp³-hybridized carbons (Fsp3) is 0.533. The quantitative estimate of drug-likeness (QED) is 0.563. The van der Waals surface area contributed by atoms with Crippen LogP contribution in [0.25, 0.3) is 0 Å². The van der Waals surface area contributed by atoms with E-state index in [2.05, 4.69) is 39.0 Å². The van der Waals surface area contributed by atoms with Gasteiger partial charge in [0, 0.05) is 5.71 Å². The normalized spacial score (nSPS) is 29.9. The summed E-state index contributed by atoms with van der Waals surface area (Å²) in [5.41, 5.74) is 4.80. The van der Waals surface area contributed by atoms with E-state index in [-0.39, 0.29) is 0 Å². The predicted octanol–water partition coefficient (Wildman–Crippen LogP) is 4.81. The van der Waals surface area contributed by atoms with Gasteiger partial charge in [-0.2, -0.15) is 0 Å². The molecule has 0 aromatic heterocycles. The second-order valence-electron chi connectivity index (χ2n) is 4.75. The fourth-order valence-corrected chi connectivity index (χ4v) is 1.83. The highest BCUT2D eigenvalue weighted by atomic mass is 14.4. The van der Waals surface area contributed by atoms with Crippen LogP contribution in [0.4, 0.5) is 0 Å². The summed E-state index contributed by atoms with van der Waals surface area (Å²) in [6, 6.07) is 0. The van der Waals surface area contributed by atoms with Gasteiger partial charge >= 0.3 is 0 Å². The molecule has 0 radical (unpaired) electrons. The Kier molecular flexibility index (Phi) is 5.24. The van der Waals surface area contributed by atoms with Crippen molar-refractivity contribution in [2.45, 2.75) is 52.9 Å². The molecule has 0 aliphatic heterocycles. The minimum atomic E-state index is 0.789. The number of hydrogen-bond acceptors (Lipinski definition) is 1. The second-order valence-corrected chi connectivity index (χ2v) is 4.75. The molecule has 1 heteroatoms. The molecule has 0 heterocycles. The molecule has 0 atom stereocenters. The zero-order valence-corrected chi connectivity index (χ0v) is 10.8. The summed E-state index contributed by atoms with van der Waals surface area (Å²) in [7, 11) is 0. The third kappa shape index (κ3) is 4.61. The van der Waals surface area contributed by atoms with Crippen LogP contribution in [0.5, 0.6) is 0 Å². The molecule has 1 aliphatic rings. The molecule has 0 bridgehead atoms. The van der Waals surface area contributed by atoms with Crippen LogP contribution in [0.15, 0.2) is 34.9 Å². The molecule has 0 aromatic carbocycles. The Bertz CT molecular complexity index is 342. The summed E-state index contributed by atoms with van der Waals surface area (Å²) >= 11 is 0. The smallest absolute Gasteiger partial charge is 0.0343 e. The lowest BCUT2D eigenvalue weighted by atomic mass is 10.0. The van der Waals surface area contributed by atoms with E-state index < -0.39 is 0 Å². The van der Waals surface area contributed by atoms with Crippen molar-refractivity contribution >= 4 is 5.71 Å². The number of nitrogens with one attached hydrogen (secondary N) is 1. The van der Waals surface area contributed by atoms with Crippen LogP contribution < -0.4 is 0 Å². The molecule has 0 saturated heterocycles. The van der Waals surface area contributed by atoms with Crippen LogP contribution in [0.3, 0.4) is 0 Å². The van der Waals surface area contributed by atoms with E-state index >= 15 is 0 Å². The summed E-state index contributed by atoms with van der Waals surface area (Å²) in [6.45, 7) is 6.43. The number of rotatable bonds is 0. The van der Waals surface area contributed by atoms with Gasteiger partial charge in [0.15, 0.2) is 0 Å². The van der Waals surface area contributed by atoms with Gasteiger partial charge in [0.1, 0.15) is 0 Å². The standard InChI is InChI=1S/C15H23N/c1-12-6-4-7-13(2)10-11-14(3)15(16)9-5-8-12/h7-8,11,16H,4-6,9-10H2,1-3H3/b12-8-,13-7-,14-11+,16-15?. The molecule has 1 N–H and O–H groups in total. The maximum Gasteiger partial charge on any atom is 0.0343 e. The van der Waals surface area contributed by atoms with E-state index in [4.69, 9.17) is 5.41 Å². The first-order valence-electron chi connectivity index (χ1n) is 6.15. The van der Waals surface area contributed by atoms with Crippen LogP contribution in [-0.4, -0.2) is 5.71 Å². The molecular weight excluding hydrogens is 194 g/mol.